The molecule has 1 amide bonds. The molecule has 2 heterocycles. The molecule has 2 aromatic rings. The van der Waals surface area contributed by atoms with Crippen LogP contribution < -0.4 is 10.6 Å². The number of carbonyl (C=O) groups excluding carboxylic acids is 1. The van der Waals surface area contributed by atoms with Gasteiger partial charge in [-0.3, -0.25) is 4.79 Å². The average molecular weight is 358 g/mol. The van der Waals surface area contributed by atoms with Crippen molar-refractivity contribution in [3.05, 3.63) is 29.8 Å². The smallest absolute Gasteiger partial charge is 0.224 e. The number of anilines is 1. The molecule has 0 atom stereocenters. The van der Waals surface area contributed by atoms with Crippen molar-refractivity contribution in [2.75, 3.05) is 18.4 Å². The Morgan fingerprint density at radius 2 is 2.08 bits per heavy atom. The molecule has 1 aliphatic carbocycles. The molecule has 138 valence electrons. The number of aromatic nitrogens is 4. The first-order chi connectivity index (χ1) is 12.7. The molecule has 1 saturated heterocycles. The van der Waals surface area contributed by atoms with Crippen LogP contribution in [0.25, 0.3) is 5.69 Å². The summed E-state index contributed by atoms with van der Waals surface area (Å²) < 4.78 is 15.7. The van der Waals surface area contributed by atoms with Crippen LogP contribution in [0.15, 0.2) is 18.2 Å². The SMILES string of the molecule is O=C(CCC1CCNCC1)Nc1ccc(F)c(-n2nnnc2C2CC2)c1. The van der Waals surface area contributed by atoms with Crippen LogP contribution in [-0.2, 0) is 4.79 Å². The van der Waals surface area contributed by atoms with Gasteiger partial charge in [0.15, 0.2) is 5.82 Å². The molecular formula is C18H23FN6O. The number of tetrazole rings is 1. The van der Waals surface area contributed by atoms with Crippen molar-refractivity contribution >= 4 is 11.6 Å². The van der Waals surface area contributed by atoms with Crippen LogP contribution in [0.3, 0.4) is 0 Å². The van der Waals surface area contributed by atoms with E-state index in [-0.39, 0.29) is 11.6 Å². The molecule has 0 unspecified atom stereocenters. The number of nitrogens with zero attached hydrogens (tertiary/aromatic N) is 4. The zero-order valence-corrected chi connectivity index (χ0v) is 14.6. The van der Waals surface area contributed by atoms with Gasteiger partial charge in [0.1, 0.15) is 11.5 Å². The van der Waals surface area contributed by atoms with Gasteiger partial charge >= 0.3 is 0 Å². The van der Waals surface area contributed by atoms with Crippen LogP contribution in [0.1, 0.15) is 50.3 Å². The fraction of sp³-hybridized carbons (Fsp3) is 0.556. The maximum Gasteiger partial charge on any atom is 0.224 e. The summed E-state index contributed by atoms with van der Waals surface area (Å²) in [6.07, 6.45) is 5.66. The number of amides is 1. The minimum absolute atomic E-state index is 0.0415. The quantitative estimate of drug-likeness (QED) is 0.828. The summed E-state index contributed by atoms with van der Waals surface area (Å²) in [6, 6.07) is 4.51. The molecule has 0 radical (unpaired) electrons. The number of benzene rings is 1. The van der Waals surface area contributed by atoms with Gasteiger partial charge in [-0.2, -0.15) is 4.68 Å². The second-order valence-corrected chi connectivity index (χ2v) is 7.17. The van der Waals surface area contributed by atoms with Crippen molar-refractivity contribution in [3.63, 3.8) is 0 Å². The van der Waals surface area contributed by atoms with E-state index in [4.69, 9.17) is 0 Å². The van der Waals surface area contributed by atoms with Crippen LogP contribution in [-0.4, -0.2) is 39.2 Å². The first-order valence-corrected chi connectivity index (χ1v) is 9.29. The predicted octanol–water partition coefficient (Wildman–Crippen LogP) is 2.40. The van der Waals surface area contributed by atoms with Crippen LogP contribution >= 0.6 is 0 Å². The molecule has 2 N–H and O–H groups in total. The second-order valence-electron chi connectivity index (χ2n) is 7.17. The van der Waals surface area contributed by atoms with Gasteiger partial charge in [-0.25, -0.2) is 4.39 Å². The van der Waals surface area contributed by atoms with Crippen LogP contribution in [0, 0.1) is 11.7 Å². The lowest BCUT2D eigenvalue weighted by atomic mass is 9.93. The molecule has 0 bridgehead atoms. The van der Waals surface area contributed by atoms with Crippen molar-refractivity contribution in [1.29, 1.82) is 0 Å². The first-order valence-electron chi connectivity index (χ1n) is 9.29. The Kier molecular flexibility index (Phi) is 4.92. The summed E-state index contributed by atoms with van der Waals surface area (Å²) in [6.45, 7) is 2.06. The molecule has 2 fully saturated rings. The third-order valence-corrected chi connectivity index (χ3v) is 5.13. The van der Waals surface area contributed by atoms with Gasteiger partial charge in [0.2, 0.25) is 5.91 Å². The molecule has 1 aliphatic heterocycles. The van der Waals surface area contributed by atoms with Gasteiger partial charge in [-0.15, -0.1) is 5.10 Å². The highest BCUT2D eigenvalue weighted by Crippen LogP contribution is 2.39. The van der Waals surface area contributed by atoms with Crippen molar-refractivity contribution in [2.45, 2.75) is 44.4 Å². The fourth-order valence-electron chi connectivity index (χ4n) is 3.44. The van der Waals surface area contributed by atoms with Crippen molar-refractivity contribution in [1.82, 2.24) is 25.5 Å². The summed E-state index contributed by atoms with van der Waals surface area (Å²) >= 11 is 0. The van der Waals surface area contributed by atoms with Gasteiger partial charge in [0, 0.05) is 18.0 Å². The van der Waals surface area contributed by atoms with E-state index in [1.54, 1.807) is 12.1 Å². The highest BCUT2D eigenvalue weighted by atomic mass is 19.1. The van der Waals surface area contributed by atoms with Gasteiger partial charge in [0.25, 0.3) is 0 Å². The summed E-state index contributed by atoms with van der Waals surface area (Å²) in [5.74, 6) is 1.13. The minimum atomic E-state index is -0.410. The first kappa shape index (κ1) is 17.1. The second kappa shape index (κ2) is 7.49. The van der Waals surface area contributed by atoms with Crippen molar-refractivity contribution in [3.8, 4) is 5.69 Å². The van der Waals surface area contributed by atoms with E-state index in [1.807, 2.05) is 0 Å². The maximum absolute atomic E-state index is 14.3. The standard InChI is InChI=1S/C18H23FN6O/c19-15-5-4-14(21-17(26)6-1-12-7-9-20-10-8-12)11-16(15)25-18(13-2-3-13)22-23-24-25/h4-5,11-13,20H,1-3,6-10H2,(H,21,26). The topological polar surface area (TPSA) is 84.7 Å². The third kappa shape index (κ3) is 3.90. The van der Waals surface area contributed by atoms with E-state index in [0.29, 0.717) is 29.8 Å². The number of hydrogen-bond donors (Lipinski definition) is 2. The summed E-state index contributed by atoms with van der Waals surface area (Å²) in [5.41, 5.74) is 0.835. The van der Waals surface area contributed by atoms with E-state index in [9.17, 15) is 9.18 Å². The molecule has 0 spiro atoms. The summed E-state index contributed by atoms with van der Waals surface area (Å²) in [4.78, 5) is 12.3. The number of carbonyl (C=O) groups is 1. The van der Waals surface area contributed by atoms with Crippen LogP contribution in [0.5, 0.6) is 0 Å². The number of piperidine rings is 1. The Balaban J connectivity index is 1.42. The van der Waals surface area contributed by atoms with E-state index < -0.39 is 5.82 Å². The average Bonchev–Trinajstić information content (AvgIpc) is 3.39. The highest BCUT2D eigenvalue weighted by molar-refractivity contribution is 5.91. The monoisotopic (exact) mass is 358 g/mol. The van der Waals surface area contributed by atoms with E-state index in [2.05, 4.69) is 26.2 Å². The Morgan fingerprint density at radius 3 is 2.85 bits per heavy atom. The molecule has 2 aliphatic rings. The Hall–Kier alpha value is -2.35. The normalized spacial score (nSPS) is 18.0. The van der Waals surface area contributed by atoms with Crippen LogP contribution in [0.2, 0.25) is 0 Å². The number of hydrogen-bond acceptors (Lipinski definition) is 5. The molecule has 4 rings (SSSR count). The molecular weight excluding hydrogens is 335 g/mol. The zero-order valence-electron chi connectivity index (χ0n) is 14.6. The molecule has 26 heavy (non-hydrogen) atoms. The van der Waals surface area contributed by atoms with Gasteiger partial charge in [-0.05, 0) is 79.7 Å². The number of nitrogens with one attached hydrogen (secondary N) is 2. The Morgan fingerprint density at radius 1 is 1.27 bits per heavy atom. The Labute approximate surface area is 151 Å². The van der Waals surface area contributed by atoms with Gasteiger partial charge < -0.3 is 10.6 Å². The molecule has 1 saturated carbocycles. The maximum atomic E-state index is 14.3. The molecule has 7 nitrogen and oxygen atoms in total. The van der Waals surface area contributed by atoms with Crippen molar-refractivity contribution < 1.29 is 9.18 Å². The predicted molar refractivity (Wildman–Crippen MR) is 94.5 cm³/mol. The van der Waals surface area contributed by atoms with E-state index in [1.165, 1.54) is 10.7 Å². The minimum Gasteiger partial charge on any atom is -0.326 e. The lowest BCUT2D eigenvalue weighted by molar-refractivity contribution is -0.116. The van der Waals surface area contributed by atoms with E-state index >= 15 is 0 Å². The summed E-state index contributed by atoms with van der Waals surface area (Å²) in [7, 11) is 0. The lowest BCUT2D eigenvalue weighted by Crippen LogP contribution is -2.28. The molecule has 8 heteroatoms. The highest BCUT2D eigenvalue weighted by Gasteiger charge is 2.30. The molecule has 1 aromatic heterocycles. The fourth-order valence-corrected chi connectivity index (χ4v) is 3.44. The number of halogens is 1. The number of rotatable bonds is 6. The van der Waals surface area contributed by atoms with Gasteiger partial charge in [0.05, 0.1) is 0 Å². The van der Waals surface area contributed by atoms with Crippen molar-refractivity contribution in [2.24, 2.45) is 5.92 Å². The van der Waals surface area contributed by atoms with Crippen LogP contribution in [0.4, 0.5) is 10.1 Å². The third-order valence-electron chi connectivity index (χ3n) is 5.13. The summed E-state index contributed by atoms with van der Waals surface area (Å²) in [5, 5.41) is 17.8. The zero-order chi connectivity index (χ0) is 17.9. The molecule has 1 aromatic carbocycles. The lowest BCUT2D eigenvalue weighted by Gasteiger charge is -2.22. The van der Waals surface area contributed by atoms with E-state index in [0.717, 1.165) is 45.2 Å². The Bertz CT molecular complexity index is 782. The largest absolute Gasteiger partial charge is 0.326 e. The van der Waals surface area contributed by atoms with Gasteiger partial charge in [-0.1, -0.05) is 0 Å².